The van der Waals surface area contributed by atoms with Crippen molar-refractivity contribution in [1.29, 1.82) is 0 Å². The van der Waals surface area contributed by atoms with Gasteiger partial charge in [-0.05, 0) is 99.7 Å². The maximum Gasteiger partial charge on any atom is 0.118 e. The molecule has 6 aromatic carbocycles. The molecule has 0 amide bonds. The summed E-state index contributed by atoms with van der Waals surface area (Å²) in [6, 6.07) is 52.9. The van der Waals surface area contributed by atoms with Gasteiger partial charge in [0.25, 0.3) is 0 Å². The second-order valence-corrected chi connectivity index (χ2v) is 12.9. The Hall–Kier alpha value is -4.62. The van der Waals surface area contributed by atoms with E-state index >= 15 is 0 Å². The minimum Gasteiger partial charge on any atom is -0.497 e. The Morgan fingerprint density at radius 3 is 1.70 bits per heavy atom. The third-order valence-corrected chi connectivity index (χ3v) is 10.3. The molecule has 4 heteroatoms. The molecule has 0 saturated carbocycles. The molecular formula is C40H32ClO2P. The normalized spacial score (nSPS) is 11.4. The van der Waals surface area contributed by atoms with E-state index in [1.807, 2.05) is 30.3 Å². The molecule has 0 unspecified atom stereocenters. The highest BCUT2D eigenvalue weighted by molar-refractivity contribution is 7.80. The zero-order valence-corrected chi connectivity index (χ0v) is 26.3. The number of hydrogen-bond acceptors (Lipinski definition) is 2. The van der Waals surface area contributed by atoms with Crippen LogP contribution in [-0.4, -0.2) is 14.2 Å². The van der Waals surface area contributed by atoms with E-state index in [1.54, 1.807) is 14.2 Å². The average Bonchev–Trinajstić information content (AvgIpc) is 3.09. The Balaban J connectivity index is 1.58. The van der Waals surface area contributed by atoms with Gasteiger partial charge in [0.1, 0.15) is 11.5 Å². The van der Waals surface area contributed by atoms with Crippen LogP contribution >= 0.6 is 19.5 Å². The van der Waals surface area contributed by atoms with Gasteiger partial charge in [0, 0.05) is 5.02 Å². The fraction of sp³-hybridized carbons (Fsp3) is 0.0500. The molecular weight excluding hydrogens is 579 g/mol. The summed E-state index contributed by atoms with van der Waals surface area (Å²) in [5.41, 5.74) is 6.64. The van der Waals surface area contributed by atoms with Crippen LogP contribution in [0.5, 0.6) is 11.5 Å². The molecule has 0 aliphatic rings. The van der Waals surface area contributed by atoms with Crippen molar-refractivity contribution in [3.05, 3.63) is 173 Å². The van der Waals surface area contributed by atoms with Crippen LogP contribution in [0.2, 0.25) is 5.02 Å². The molecule has 216 valence electrons. The van der Waals surface area contributed by atoms with Crippen molar-refractivity contribution >= 4 is 47.1 Å². The van der Waals surface area contributed by atoms with Crippen molar-refractivity contribution in [2.24, 2.45) is 0 Å². The maximum atomic E-state index is 6.77. The van der Waals surface area contributed by atoms with Crippen LogP contribution in [0.1, 0.15) is 16.7 Å². The second-order valence-electron chi connectivity index (χ2n) is 10.3. The van der Waals surface area contributed by atoms with Crippen molar-refractivity contribution in [3.63, 3.8) is 0 Å². The molecule has 0 aliphatic heterocycles. The molecule has 2 nitrogen and oxygen atoms in total. The van der Waals surface area contributed by atoms with Crippen LogP contribution in [-0.2, 0) is 0 Å². The van der Waals surface area contributed by atoms with Crippen molar-refractivity contribution in [2.45, 2.75) is 0 Å². The lowest BCUT2D eigenvalue weighted by Gasteiger charge is -2.24. The van der Waals surface area contributed by atoms with E-state index in [4.69, 9.17) is 21.1 Å². The number of methoxy groups -OCH3 is 2. The van der Waals surface area contributed by atoms with Gasteiger partial charge in [-0.25, -0.2) is 0 Å². The van der Waals surface area contributed by atoms with Crippen LogP contribution in [0, 0.1) is 0 Å². The number of ether oxygens (including phenoxy) is 2. The largest absolute Gasteiger partial charge is 0.497 e. The van der Waals surface area contributed by atoms with Crippen LogP contribution in [0.3, 0.4) is 0 Å². The summed E-state index contributed by atoms with van der Waals surface area (Å²) >= 11 is 6.77. The first-order chi connectivity index (χ1) is 21.6. The summed E-state index contributed by atoms with van der Waals surface area (Å²) in [7, 11) is 2.52. The van der Waals surface area contributed by atoms with Gasteiger partial charge in [0.2, 0.25) is 0 Å². The maximum absolute atomic E-state index is 6.77. The van der Waals surface area contributed by atoms with Gasteiger partial charge >= 0.3 is 0 Å². The molecule has 0 fully saturated rings. The lowest BCUT2D eigenvalue weighted by Crippen LogP contribution is -2.22. The minimum absolute atomic E-state index is 0.708. The SMILES string of the molecule is COc1ccc(/C=C(\c2ccc(OC)cc2)c2ccccc2-c2cc(Cl)ccc2P(c2ccccc2)c2ccccc2)cc1. The summed E-state index contributed by atoms with van der Waals surface area (Å²) in [4.78, 5) is 0. The van der Waals surface area contributed by atoms with Crippen molar-refractivity contribution in [1.82, 2.24) is 0 Å². The molecule has 0 N–H and O–H groups in total. The molecule has 0 aliphatic carbocycles. The lowest BCUT2D eigenvalue weighted by atomic mass is 9.89. The van der Waals surface area contributed by atoms with E-state index in [1.165, 1.54) is 15.9 Å². The Kier molecular flexibility index (Phi) is 9.22. The molecule has 0 aromatic heterocycles. The van der Waals surface area contributed by atoms with Gasteiger partial charge in [-0.3, -0.25) is 0 Å². The van der Waals surface area contributed by atoms with E-state index in [0.717, 1.165) is 44.9 Å². The summed E-state index contributed by atoms with van der Waals surface area (Å²) in [6.45, 7) is 0. The van der Waals surface area contributed by atoms with Crippen LogP contribution < -0.4 is 25.4 Å². The van der Waals surface area contributed by atoms with E-state index in [0.29, 0.717) is 5.02 Å². The summed E-state index contributed by atoms with van der Waals surface area (Å²) in [6.07, 6.45) is 2.24. The van der Waals surface area contributed by atoms with E-state index in [-0.39, 0.29) is 0 Å². The first kappa shape index (κ1) is 29.5. The third kappa shape index (κ3) is 6.48. The van der Waals surface area contributed by atoms with Crippen molar-refractivity contribution in [3.8, 4) is 22.6 Å². The van der Waals surface area contributed by atoms with Gasteiger partial charge < -0.3 is 9.47 Å². The standard InChI is InChI=1S/C40H32ClO2P/c1-42-32-22-17-29(18-23-32)27-38(30-19-24-33(43-2)25-20-30)36-15-9-10-16-37(36)39-28-31(41)21-26-40(39)44(34-11-5-3-6-12-34)35-13-7-4-8-14-35/h3-28H,1-2H3/b38-27+. The molecule has 6 aromatic rings. The first-order valence-corrected chi connectivity index (χ1v) is 16.2. The highest BCUT2D eigenvalue weighted by Crippen LogP contribution is 2.41. The predicted octanol–water partition coefficient (Wildman–Crippen LogP) is 9.37. The predicted molar refractivity (Wildman–Crippen MR) is 189 cm³/mol. The zero-order chi connectivity index (χ0) is 30.3. The molecule has 0 saturated heterocycles. The van der Waals surface area contributed by atoms with E-state index in [9.17, 15) is 0 Å². The van der Waals surface area contributed by atoms with Gasteiger partial charge in [-0.1, -0.05) is 127 Å². The summed E-state index contributed by atoms with van der Waals surface area (Å²) < 4.78 is 10.9. The molecule has 0 heterocycles. The van der Waals surface area contributed by atoms with Gasteiger partial charge in [0.05, 0.1) is 14.2 Å². The third-order valence-electron chi connectivity index (χ3n) is 7.56. The molecule has 6 rings (SSSR count). The fourth-order valence-corrected chi connectivity index (χ4v) is 8.02. The average molecular weight is 611 g/mol. The van der Waals surface area contributed by atoms with Gasteiger partial charge in [-0.15, -0.1) is 0 Å². The van der Waals surface area contributed by atoms with Gasteiger partial charge in [-0.2, -0.15) is 0 Å². The Morgan fingerprint density at radius 2 is 1.11 bits per heavy atom. The first-order valence-electron chi connectivity index (χ1n) is 14.4. The van der Waals surface area contributed by atoms with Gasteiger partial charge in [0.15, 0.2) is 0 Å². The topological polar surface area (TPSA) is 18.5 Å². The fourth-order valence-electron chi connectivity index (χ4n) is 5.41. The molecule has 0 radical (unpaired) electrons. The monoisotopic (exact) mass is 610 g/mol. The smallest absolute Gasteiger partial charge is 0.118 e. The number of rotatable bonds is 9. The van der Waals surface area contributed by atoms with Crippen molar-refractivity contribution < 1.29 is 9.47 Å². The Morgan fingerprint density at radius 1 is 0.568 bits per heavy atom. The molecule has 0 spiro atoms. The number of halogens is 1. The number of benzene rings is 6. The minimum atomic E-state index is -0.858. The number of hydrogen-bond donors (Lipinski definition) is 0. The van der Waals surface area contributed by atoms with E-state index < -0.39 is 7.92 Å². The summed E-state index contributed by atoms with van der Waals surface area (Å²) in [5, 5.41) is 4.55. The molecule has 0 atom stereocenters. The zero-order valence-electron chi connectivity index (χ0n) is 24.7. The quantitative estimate of drug-likeness (QED) is 0.120. The Bertz CT molecular complexity index is 1830. The molecule has 44 heavy (non-hydrogen) atoms. The second kappa shape index (κ2) is 13.8. The van der Waals surface area contributed by atoms with Crippen LogP contribution in [0.25, 0.3) is 22.8 Å². The lowest BCUT2D eigenvalue weighted by molar-refractivity contribution is 0.414. The molecule has 0 bridgehead atoms. The van der Waals surface area contributed by atoms with Crippen molar-refractivity contribution in [2.75, 3.05) is 14.2 Å². The highest BCUT2D eigenvalue weighted by Gasteiger charge is 2.22. The van der Waals surface area contributed by atoms with Crippen LogP contribution in [0.4, 0.5) is 0 Å². The van der Waals surface area contributed by atoms with Crippen LogP contribution in [0.15, 0.2) is 152 Å². The summed E-state index contributed by atoms with van der Waals surface area (Å²) in [5.74, 6) is 1.65. The Labute approximate surface area is 266 Å². The highest BCUT2D eigenvalue weighted by atomic mass is 35.5. The van der Waals surface area contributed by atoms with E-state index in [2.05, 4.69) is 127 Å².